The highest BCUT2D eigenvalue weighted by atomic mass is 16.4. The maximum atomic E-state index is 10.5. The molecular formula is C10H13NO3. The molecule has 0 aromatic rings. The number of carbonyl (C=O) groups is 1. The molecule has 1 rings (SSSR count). The largest absolute Gasteiger partial charge is 0.477 e. The first-order valence-electron chi connectivity index (χ1n) is 4.66. The molecule has 1 aliphatic rings. The van der Waals surface area contributed by atoms with Crippen molar-refractivity contribution in [3.8, 4) is 6.07 Å². The maximum Gasteiger partial charge on any atom is 0.346 e. The van der Waals surface area contributed by atoms with E-state index in [4.69, 9.17) is 10.4 Å². The summed E-state index contributed by atoms with van der Waals surface area (Å²) in [6.45, 7) is 0. The average molecular weight is 195 g/mol. The second-order valence-corrected chi connectivity index (χ2v) is 3.57. The Hall–Kier alpha value is -1.34. The molecule has 2 N–H and O–H groups in total. The number of allylic oxidation sites excluding steroid dienone is 1. The molecule has 0 atom stereocenters. The van der Waals surface area contributed by atoms with Crippen LogP contribution in [0.3, 0.4) is 0 Å². The van der Waals surface area contributed by atoms with Crippen LogP contribution in [0.5, 0.6) is 0 Å². The normalized spacial score (nSPS) is 28.1. The van der Waals surface area contributed by atoms with E-state index < -0.39 is 5.97 Å². The lowest BCUT2D eigenvalue weighted by Crippen LogP contribution is -2.17. The predicted octanol–water partition coefficient (Wildman–Crippen LogP) is 1.07. The number of aliphatic hydroxyl groups is 1. The summed E-state index contributed by atoms with van der Waals surface area (Å²) in [5, 5.41) is 26.4. The fraction of sp³-hybridized carbons (Fsp3) is 0.600. The molecule has 0 unspecified atom stereocenters. The van der Waals surface area contributed by atoms with Crippen molar-refractivity contribution in [2.75, 3.05) is 0 Å². The van der Waals surface area contributed by atoms with Gasteiger partial charge in [-0.05, 0) is 31.6 Å². The Morgan fingerprint density at radius 3 is 2.36 bits per heavy atom. The summed E-state index contributed by atoms with van der Waals surface area (Å²) >= 11 is 0. The Balaban J connectivity index is 2.59. The van der Waals surface area contributed by atoms with Crippen LogP contribution in [0.2, 0.25) is 0 Å². The molecule has 14 heavy (non-hydrogen) atoms. The molecule has 4 nitrogen and oxygen atoms in total. The first kappa shape index (κ1) is 10.7. The molecule has 0 saturated heterocycles. The smallest absolute Gasteiger partial charge is 0.346 e. The molecule has 4 heteroatoms. The lowest BCUT2D eigenvalue weighted by atomic mass is 9.86. The molecule has 0 spiro atoms. The standard InChI is InChI=1S/C10H13NO3/c11-6-8(10(13)14)5-7-1-3-9(12)4-2-7/h5,7,9,12H,1-4H2,(H,13,14). The predicted molar refractivity (Wildman–Crippen MR) is 49.3 cm³/mol. The highest BCUT2D eigenvalue weighted by molar-refractivity contribution is 5.90. The molecule has 0 heterocycles. The molecule has 1 fully saturated rings. The van der Waals surface area contributed by atoms with Crippen molar-refractivity contribution in [1.29, 1.82) is 5.26 Å². The Morgan fingerprint density at radius 1 is 1.36 bits per heavy atom. The number of hydrogen-bond donors (Lipinski definition) is 2. The van der Waals surface area contributed by atoms with Gasteiger partial charge in [-0.1, -0.05) is 6.08 Å². The SMILES string of the molecule is N#CC(=CC1CCC(O)CC1)C(=O)O. The topological polar surface area (TPSA) is 81.3 Å². The van der Waals surface area contributed by atoms with Crippen LogP contribution in [0.4, 0.5) is 0 Å². The summed E-state index contributed by atoms with van der Waals surface area (Å²) < 4.78 is 0. The number of aliphatic hydroxyl groups excluding tert-OH is 1. The number of aliphatic carboxylic acids is 1. The Bertz CT molecular complexity index is 282. The number of carboxylic acids is 1. The second kappa shape index (κ2) is 4.77. The van der Waals surface area contributed by atoms with E-state index in [1.807, 2.05) is 0 Å². The van der Waals surface area contributed by atoms with Crippen LogP contribution >= 0.6 is 0 Å². The first-order valence-corrected chi connectivity index (χ1v) is 4.66. The third-order valence-electron chi connectivity index (χ3n) is 2.49. The summed E-state index contributed by atoms with van der Waals surface area (Å²) in [6, 6.07) is 1.66. The van der Waals surface area contributed by atoms with E-state index in [0.717, 1.165) is 12.8 Å². The fourth-order valence-electron chi connectivity index (χ4n) is 1.66. The third-order valence-corrected chi connectivity index (χ3v) is 2.49. The maximum absolute atomic E-state index is 10.5. The minimum Gasteiger partial charge on any atom is -0.477 e. The molecule has 0 bridgehead atoms. The summed E-state index contributed by atoms with van der Waals surface area (Å²) in [5.41, 5.74) is -0.189. The van der Waals surface area contributed by atoms with Gasteiger partial charge in [0.05, 0.1) is 6.10 Å². The van der Waals surface area contributed by atoms with Gasteiger partial charge >= 0.3 is 5.97 Å². The third kappa shape index (κ3) is 2.86. The van der Waals surface area contributed by atoms with Gasteiger partial charge < -0.3 is 10.2 Å². The van der Waals surface area contributed by atoms with Crippen LogP contribution in [-0.2, 0) is 4.79 Å². The number of carboxylic acid groups (broad SMARTS) is 1. The first-order chi connectivity index (χ1) is 6.63. The van der Waals surface area contributed by atoms with E-state index in [2.05, 4.69) is 0 Å². The van der Waals surface area contributed by atoms with Crippen LogP contribution in [-0.4, -0.2) is 22.3 Å². The molecule has 1 aliphatic carbocycles. The van der Waals surface area contributed by atoms with Crippen molar-refractivity contribution in [2.24, 2.45) is 5.92 Å². The van der Waals surface area contributed by atoms with E-state index in [1.54, 1.807) is 6.07 Å². The van der Waals surface area contributed by atoms with E-state index in [0.29, 0.717) is 12.8 Å². The number of nitrogens with zero attached hydrogens (tertiary/aromatic N) is 1. The molecule has 1 saturated carbocycles. The zero-order valence-electron chi connectivity index (χ0n) is 7.81. The average Bonchev–Trinajstić information content (AvgIpc) is 2.16. The number of hydrogen-bond acceptors (Lipinski definition) is 3. The van der Waals surface area contributed by atoms with Gasteiger partial charge in [-0.2, -0.15) is 5.26 Å². The second-order valence-electron chi connectivity index (χ2n) is 3.57. The van der Waals surface area contributed by atoms with E-state index >= 15 is 0 Å². The van der Waals surface area contributed by atoms with E-state index in [9.17, 15) is 9.90 Å². The summed E-state index contributed by atoms with van der Waals surface area (Å²) in [6.07, 6.45) is 4.17. The summed E-state index contributed by atoms with van der Waals surface area (Å²) in [5.74, 6) is -1.04. The molecule has 0 radical (unpaired) electrons. The molecule has 0 aromatic heterocycles. The molecule has 0 aromatic carbocycles. The van der Waals surface area contributed by atoms with Crippen molar-refractivity contribution in [1.82, 2.24) is 0 Å². The van der Waals surface area contributed by atoms with Crippen LogP contribution in [0.15, 0.2) is 11.6 Å². The van der Waals surface area contributed by atoms with Crippen molar-refractivity contribution < 1.29 is 15.0 Å². The van der Waals surface area contributed by atoms with Crippen LogP contribution < -0.4 is 0 Å². The van der Waals surface area contributed by atoms with Crippen molar-refractivity contribution in [2.45, 2.75) is 31.8 Å². The lowest BCUT2D eigenvalue weighted by molar-refractivity contribution is -0.132. The highest BCUT2D eigenvalue weighted by Gasteiger charge is 2.19. The molecule has 0 aliphatic heterocycles. The van der Waals surface area contributed by atoms with Gasteiger partial charge in [0, 0.05) is 0 Å². The molecule has 0 amide bonds. The lowest BCUT2D eigenvalue weighted by Gasteiger charge is -2.22. The fourth-order valence-corrected chi connectivity index (χ4v) is 1.66. The van der Waals surface area contributed by atoms with Gasteiger partial charge in [-0.25, -0.2) is 4.79 Å². The highest BCUT2D eigenvalue weighted by Crippen LogP contribution is 2.25. The van der Waals surface area contributed by atoms with E-state index in [1.165, 1.54) is 6.08 Å². The quantitative estimate of drug-likeness (QED) is 0.510. The number of nitriles is 1. The zero-order chi connectivity index (χ0) is 10.6. The van der Waals surface area contributed by atoms with Crippen LogP contribution in [0.25, 0.3) is 0 Å². The zero-order valence-corrected chi connectivity index (χ0v) is 7.81. The van der Waals surface area contributed by atoms with Crippen molar-refractivity contribution in [3.05, 3.63) is 11.6 Å². The minimum absolute atomic E-state index is 0.129. The molecule has 76 valence electrons. The Morgan fingerprint density at radius 2 is 1.93 bits per heavy atom. The van der Waals surface area contributed by atoms with Gasteiger partial charge in [0.2, 0.25) is 0 Å². The Labute approximate surface area is 82.5 Å². The van der Waals surface area contributed by atoms with Gasteiger partial charge in [0.25, 0.3) is 0 Å². The van der Waals surface area contributed by atoms with Gasteiger partial charge in [0.15, 0.2) is 0 Å². The Kier molecular flexibility index (Phi) is 3.66. The van der Waals surface area contributed by atoms with Crippen LogP contribution in [0.1, 0.15) is 25.7 Å². The van der Waals surface area contributed by atoms with Crippen LogP contribution in [0, 0.1) is 17.2 Å². The minimum atomic E-state index is -1.17. The van der Waals surface area contributed by atoms with Crippen molar-refractivity contribution >= 4 is 5.97 Å². The monoisotopic (exact) mass is 195 g/mol. The van der Waals surface area contributed by atoms with Gasteiger partial charge in [-0.15, -0.1) is 0 Å². The summed E-state index contributed by atoms with van der Waals surface area (Å²) in [4.78, 5) is 10.5. The van der Waals surface area contributed by atoms with E-state index in [-0.39, 0.29) is 17.6 Å². The molecular weight excluding hydrogens is 182 g/mol. The number of rotatable bonds is 2. The van der Waals surface area contributed by atoms with Gasteiger partial charge in [0.1, 0.15) is 11.6 Å². The van der Waals surface area contributed by atoms with Crippen molar-refractivity contribution in [3.63, 3.8) is 0 Å². The van der Waals surface area contributed by atoms with Gasteiger partial charge in [-0.3, -0.25) is 0 Å². The summed E-state index contributed by atoms with van der Waals surface area (Å²) in [7, 11) is 0.